The van der Waals surface area contributed by atoms with Crippen molar-refractivity contribution in [3.05, 3.63) is 20.2 Å². The standard InChI is InChI=1S/C9H12ClIN2O/c1-3-4-6-8(11)9(10)13-7(12-6)5-14-2/h3-5H2,1-2H3. The number of hydrogen-bond acceptors (Lipinski definition) is 3. The first-order chi connectivity index (χ1) is 6.69. The summed E-state index contributed by atoms with van der Waals surface area (Å²) in [6.07, 6.45) is 1.98. The highest BCUT2D eigenvalue weighted by Crippen LogP contribution is 2.20. The molecular weight excluding hydrogens is 314 g/mol. The Morgan fingerprint density at radius 3 is 2.71 bits per heavy atom. The zero-order valence-electron chi connectivity index (χ0n) is 8.18. The number of hydrogen-bond donors (Lipinski definition) is 0. The van der Waals surface area contributed by atoms with Gasteiger partial charge in [0.05, 0.1) is 9.26 Å². The lowest BCUT2D eigenvalue weighted by atomic mass is 10.2. The van der Waals surface area contributed by atoms with Gasteiger partial charge in [-0.25, -0.2) is 9.97 Å². The van der Waals surface area contributed by atoms with Gasteiger partial charge in [0.15, 0.2) is 5.82 Å². The topological polar surface area (TPSA) is 35.0 Å². The molecule has 0 aliphatic carbocycles. The Morgan fingerprint density at radius 2 is 2.14 bits per heavy atom. The van der Waals surface area contributed by atoms with Crippen LogP contribution in [0.5, 0.6) is 0 Å². The third-order valence-corrected chi connectivity index (χ3v) is 3.41. The van der Waals surface area contributed by atoms with Crippen molar-refractivity contribution in [3.8, 4) is 0 Å². The number of ether oxygens (including phenoxy) is 1. The normalized spacial score (nSPS) is 10.6. The van der Waals surface area contributed by atoms with E-state index in [0.29, 0.717) is 17.6 Å². The molecule has 0 aliphatic rings. The molecule has 1 rings (SSSR count). The van der Waals surface area contributed by atoms with E-state index >= 15 is 0 Å². The van der Waals surface area contributed by atoms with Crippen LogP contribution >= 0.6 is 34.2 Å². The minimum Gasteiger partial charge on any atom is -0.377 e. The number of rotatable bonds is 4. The van der Waals surface area contributed by atoms with E-state index in [2.05, 4.69) is 39.5 Å². The van der Waals surface area contributed by atoms with Crippen molar-refractivity contribution in [2.24, 2.45) is 0 Å². The van der Waals surface area contributed by atoms with Crippen LogP contribution in [0.1, 0.15) is 24.9 Å². The van der Waals surface area contributed by atoms with Crippen LogP contribution in [-0.4, -0.2) is 17.1 Å². The third-order valence-electron chi connectivity index (χ3n) is 1.69. The predicted molar refractivity (Wildman–Crippen MR) is 64.5 cm³/mol. The maximum atomic E-state index is 5.98. The van der Waals surface area contributed by atoms with Gasteiger partial charge in [-0.1, -0.05) is 24.9 Å². The molecule has 3 nitrogen and oxygen atoms in total. The average molecular weight is 327 g/mol. The first-order valence-electron chi connectivity index (χ1n) is 4.38. The van der Waals surface area contributed by atoms with Gasteiger partial charge in [-0.2, -0.15) is 0 Å². The summed E-state index contributed by atoms with van der Waals surface area (Å²) in [6, 6.07) is 0. The molecule has 0 unspecified atom stereocenters. The van der Waals surface area contributed by atoms with E-state index in [9.17, 15) is 0 Å². The van der Waals surface area contributed by atoms with Crippen LogP contribution in [-0.2, 0) is 17.8 Å². The van der Waals surface area contributed by atoms with Gasteiger partial charge in [0.1, 0.15) is 11.8 Å². The maximum absolute atomic E-state index is 5.98. The molecule has 0 amide bonds. The summed E-state index contributed by atoms with van der Waals surface area (Å²) in [5.74, 6) is 0.654. The number of aromatic nitrogens is 2. The molecule has 0 radical (unpaired) electrons. The zero-order chi connectivity index (χ0) is 10.6. The summed E-state index contributed by atoms with van der Waals surface area (Å²) in [4.78, 5) is 8.51. The molecule has 0 atom stereocenters. The van der Waals surface area contributed by atoms with Gasteiger partial charge in [0.2, 0.25) is 0 Å². The largest absolute Gasteiger partial charge is 0.377 e. The second-order valence-electron chi connectivity index (χ2n) is 2.87. The maximum Gasteiger partial charge on any atom is 0.156 e. The molecule has 78 valence electrons. The number of halogens is 2. The van der Waals surface area contributed by atoms with Crippen LogP contribution in [0.2, 0.25) is 5.15 Å². The molecule has 14 heavy (non-hydrogen) atoms. The number of nitrogens with zero attached hydrogens (tertiary/aromatic N) is 2. The first kappa shape index (κ1) is 12.1. The summed E-state index contributed by atoms with van der Waals surface area (Å²) in [5.41, 5.74) is 1.01. The Bertz CT molecular complexity index is 320. The lowest BCUT2D eigenvalue weighted by molar-refractivity contribution is 0.177. The van der Waals surface area contributed by atoms with E-state index in [-0.39, 0.29) is 0 Å². The van der Waals surface area contributed by atoms with Crippen molar-refractivity contribution < 1.29 is 4.74 Å². The van der Waals surface area contributed by atoms with Crippen LogP contribution < -0.4 is 0 Å². The molecule has 0 bridgehead atoms. The summed E-state index contributed by atoms with van der Waals surface area (Å²) in [6.45, 7) is 2.52. The van der Waals surface area contributed by atoms with Gasteiger partial charge >= 0.3 is 0 Å². The zero-order valence-corrected chi connectivity index (χ0v) is 11.1. The monoisotopic (exact) mass is 326 g/mol. The molecule has 0 saturated carbocycles. The molecule has 0 saturated heterocycles. The number of methoxy groups -OCH3 is 1. The van der Waals surface area contributed by atoms with Crippen molar-refractivity contribution in [2.45, 2.75) is 26.4 Å². The van der Waals surface area contributed by atoms with Crippen molar-refractivity contribution in [3.63, 3.8) is 0 Å². The Kier molecular flexibility index (Phi) is 5.05. The van der Waals surface area contributed by atoms with Gasteiger partial charge in [-0.3, -0.25) is 0 Å². The molecule has 0 aliphatic heterocycles. The smallest absolute Gasteiger partial charge is 0.156 e. The second kappa shape index (κ2) is 5.82. The van der Waals surface area contributed by atoms with E-state index in [1.165, 1.54) is 0 Å². The Morgan fingerprint density at radius 1 is 1.43 bits per heavy atom. The minimum atomic E-state index is 0.410. The molecule has 0 N–H and O–H groups in total. The fourth-order valence-corrected chi connectivity index (χ4v) is 1.82. The Labute approximate surface area is 102 Å². The lowest BCUT2D eigenvalue weighted by Gasteiger charge is -2.06. The van der Waals surface area contributed by atoms with E-state index in [1.807, 2.05) is 0 Å². The van der Waals surface area contributed by atoms with Crippen molar-refractivity contribution in [2.75, 3.05) is 7.11 Å². The van der Waals surface area contributed by atoms with Crippen LogP contribution in [0.4, 0.5) is 0 Å². The van der Waals surface area contributed by atoms with E-state index in [4.69, 9.17) is 16.3 Å². The highest BCUT2D eigenvalue weighted by molar-refractivity contribution is 14.1. The van der Waals surface area contributed by atoms with Crippen LogP contribution in [0.25, 0.3) is 0 Å². The van der Waals surface area contributed by atoms with Crippen molar-refractivity contribution in [1.82, 2.24) is 9.97 Å². The molecule has 0 aromatic carbocycles. The fraction of sp³-hybridized carbons (Fsp3) is 0.556. The summed E-state index contributed by atoms with van der Waals surface area (Å²) >= 11 is 8.15. The molecular formula is C9H12ClIN2O. The molecule has 5 heteroatoms. The third kappa shape index (κ3) is 3.03. The molecule has 1 aromatic heterocycles. The summed E-state index contributed by atoms with van der Waals surface area (Å²) in [7, 11) is 1.62. The summed E-state index contributed by atoms with van der Waals surface area (Å²) < 4.78 is 5.92. The molecule has 0 fully saturated rings. The van der Waals surface area contributed by atoms with Gasteiger partial charge in [0.25, 0.3) is 0 Å². The molecule has 1 aromatic rings. The SMILES string of the molecule is CCCc1nc(COC)nc(Cl)c1I. The Balaban J connectivity index is 3.01. The fourth-order valence-electron chi connectivity index (χ4n) is 1.11. The van der Waals surface area contributed by atoms with Gasteiger partial charge in [0, 0.05) is 7.11 Å². The van der Waals surface area contributed by atoms with Gasteiger partial charge < -0.3 is 4.74 Å². The predicted octanol–water partition coefficient (Wildman–Crippen LogP) is 2.83. The average Bonchev–Trinajstić information content (AvgIpc) is 2.14. The van der Waals surface area contributed by atoms with Gasteiger partial charge in [-0.05, 0) is 29.0 Å². The van der Waals surface area contributed by atoms with Crippen LogP contribution in [0, 0.1) is 3.57 Å². The minimum absolute atomic E-state index is 0.410. The van der Waals surface area contributed by atoms with Crippen LogP contribution in [0.3, 0.4) is 0 Å². The highest BCUT2D eigenvalue weighted by Gasteiger charge is 2.09. The van der Waals surface area contributed by atoms with Crippen LogP contribution in [0.15, 0.2) is 0 Å². The number of aryl methyl sites for hydroxylation is 1. The molecule has 0 spiro atoms. The molecule has 1 heterocycles. The Hall–Kier alpha value is 0.0600. The van der Waals surface area contributed by atoms with E-state index in [1.54, 1.807) is 7.11 Å². The van der Waals surface area contributed by atoms with E-state index in [0.717, 1.165) is 22.1 Å². The summed E-state index contributed by atoms with van der Waals surface area (Å²) in [5, 5.41) is 0.524. The lowest BCUT2D eigenvalue weighted by Crippen LogP contribution is -2.04. The second-order valence-corrected chi connectivity index (χ2v) is 4.31. The van der Waals surface area contributed by atoms with Crippen molar-refractivity contribution in [1.29, 1.82) is 0 Å². The first-order valence-corrected chi connectivity index (χ1v) is 5.84. The highest BCUT2D eigenvalue weighted by atomic mass is 127. The van der Waals surface area contributed by atoms with Crippen molar-refractivity contribution >= 4 is 34.2 Å². The van der Waals surface area contributed by atoms with Gasteiger partial charge in [-0.15, -0.1) is 0 Å². The van der Waals surface area contributed by atoms with E-state index < -0.39 is 0 Å². The quantitative estimate of drug-likeness (QED) is 0.630.